The van der Waals surface area contributed by atoms with Gasteiger partial charge in [0, 0.05) is 6.54 Å². The van der Waals surface area contributed by atoms with Gasteiger partial charge in [0.1, 0.15) is 5.54 Å². The fourth-order valence-electron chi connectivity index (χ4n) is 2.47. The first-order valence-electron chi connectivity index (χ1n) is 7.75. The summed E-state index contributed by atoms with van der Waals surface area (Å²) in [6.45, 7) is 5.90. The van der Waals surface area contributed by atoms with E-state index >= 15 is 0 Å². The number of benzene rings is 1. The Hall–Kier alpha value is -2.37. The second-order valence-corrected chi connectivity index (χ2v) is 5.85. The highest BCUT2D eigenvalue weighted by Crippen LogP contribution is 2.29. The normalized spacial score (nSPS) is 20.6. The Labute approximate surface area is 135 Å². The van der Waals surface area contributed by atoms with Gasteiger partial charge in [-0.1, -0.05) is 36.8 Å². The predicted octanol–water partition coefficient (Wildman–Crippen LogP) is 2.11. The second kappa shape index (κ2) is 6.81. The monoisotopic (exact) mass is 318 g/mol. The fourth-order valence-corrected chi connectivity index (χ4v) is 2.47. The lowest BCUT2D eigenvalue weighted by Crippen LogP contribution is -2.41. The van der Waals surface area contributed by atoms with Gasteiger partial charge in [-0.05, 0) is 25.8 Å². The molecule has 6 heteroatoms. The molecule has 1 aliphatic heterocycles. The minimum Gasteiger partial charge on any atom is -0.466 e. The summed E-state index contributed by atoms with van der Waals surface area (Å²) < 4.78 is 4.96. The van der Waals surface area contributed by atoms with Crippen molar-refractivity contribution in [2.24, 2.45) is 0 Å². The number of carbonyl (C=O) groups is 3. The first-order chi connectivity index (χ1) is 10.9. The molecule has 6 nitrogen and oxygen atoms in total. The molecule has 124 valence electrons. The molecular formula is C17H22N2O4. The number of nitrogens with one attached hydrogen (secondary N) is 1. The van der Waals surface area contributed by atoms with E-state index in [1.54, 1.807) is 6.92 Å². The topological polar surface area (TPSA) is 75.7 Å². The van der Waals surface area contributed by atoms with Gasteiger partial charge in [0.25, 0.3) is 5.91 Å². The van der Waals surface area contributed by atoms with Crippen LogP contribution in [-0.2, 0) is 19.9 Å². The first kappa shape index (κ1) is 17.0. The number of nitrogens with zero attached hydrogens (tertiary/aromatic N) is 1. The third kappa shape index (κ3) is 3.52. The van der Waals surface area contributed by atoms with Crippen LogP contribution < -0.4 is 5.32 Å². The van der Waals surface area contributed by atoms with Crippen molar-refractivity contribution < 1.29 is 19.1 Å². The number of urea groups is 1. The molecule has 0 aromatic heterocycles. The predicted molar refractivity (Wildman–Crippen MR) is 84.6 cm³/mol. The van der Waals surface area contributed by atoms with Crippen molar-refractivity contribution in [1.29, 1.82) is 0 Å². The molecule has 1 saturated heterocycles. The SMILES string of the molecule is CCCOC(=O)CCN1C(=O)N[C@@](C)(c2ccc(C)cc2)C1=O. The molecule has 1 N–H and O–H groups in total. The van der Waals surface area contributed by atoms with Crippen LogP contribution in [0.25, 0.3) is 0 Å². The van der Waals surface area contributed by atoms with Crippen LogP contribution in [-0.4, -0.2) is 36.0 Å². The van der Waals surface area contributed by atoms with Crippen LogP contribution in [0.15, 0.2) is 24.3 Å². The third-order valence-electron chi connectivity index (χ3n) is 3.91. The van der Waals surface area contributed by atoms with E-state index in [2.05, 4.69) is 5.32 Å². The van der Waals surface area contributed by atoms with E-state index in [1.165, 1.54) is 0 Å². The molecule has 1 heterocycles. The minimum absolute atomic E-state index is 0.00311. The molecule has 0 unspecified atom stereocenters. The van der Waals surface area contributed by atoms with Crippen LogP contribution in [0.5, 0.6) is 0 Å². The molecule has 0 saturated carbocycles. The van der Waals surface area contributed by atoms with Crippen LogP contribution in [0.1, 0.15) is 37.8 Å². The number of ether oxygens (including phenoxy) is 1. The number of aryl methyl sites for hydroxylation is 1. The van der Waals surface area contributed by atoms with Crippen LogP contribution >= 0.6 is 0 Å². The lowest BCUT2D eigenvalue weighted by molar-refractivity contribution is -0.144. The van der Waals surface area contributed by atoms with Gasteiger partial charge in [-0.25, -0.2) is 4.79 Å². The molecule has 1 fully saturated rings. The van der Waals surface area contributed by atoms with E-state index in [0.29, 0.717) is 6.61 Å². The average molecular weight is 318 g/mol. The maximum absolute atomic E-state index is 12.6. The Balaban J connectivity index is 2.07. The van der Waals surface area contributed by atoms with Crippen molar-refractivity contribution in [2.45, 2.75) is 39.2 Å². The summed E-state index contributed by atoms with van der Waals surface area (Å²) in [5.41, 5.74) is 0.695. The van der Waals surface area contributed by atoms with E-state index in [4.69, 9.17) is 4.74 Å². The van der Waals surface area contributed by atoms with Crippen LogP contribution in [0.3, 0.4) is 0 Å². The Bertz CT molecular complexity index is 612. The lowest BCUT2D eigenvalue weighted by atomic mass is 9.91. The number of rotatable bonds is 6. The van der Waals surface area contributed by atoms with Gasteiger partial charge in [-0.2, -0.15) is 0 Å². The molecule has 0 spiro atoms. The molecule has 1 aliphatic rings. The molecule has 0 aliphatic carbocycles. The standard InChI is InChI=1S/C17H22N2O4/c1-4-11-23-14(20)9-10-19-15(21)17(3,18-16(19)22)13-7-5-12(2)6-8-13/h5-8H,4,9-11H2,1-3H3,(H,18,22)/t17-/m0/s1. The third-order valence-corrected chi connectivity index (χ3v) is 3.91. The number of esters is 1. The smallest absolute Gasteiger partial charge is 0.325 e. The van der Waals surface area contributed by atoms with Crippen LogP contribution in [0.4, 0.5) is 4.79 Å². The Morgan fingerprint density at radius 2 is 1.91 bits per heavy atom. The summed E-state index contributed by atoms with van der Waals surface area (Å²) in [5.74, 6) is -0.758. The lowest BCUT2D eigenvalue weighted by Gasteiger charge is -2.22. The van der Waals surface area contributed by atoms with Crippen molar-refractivity contribution in [1.82, 2.24) is 10.2 Å². The van der Waals surface area contributed by atoms with Gasteiger partial charge in [0.2, 0.25) is 0 Å². The summed E-state index contributed by atoms with van der Waals surface area (Å²) in [6.07, 6.45) is 0.740. The highest BCUT2D eigenvalue weighted by atomic mass is 16.5. The molecule has 2 rings (SSSR count). The Morgan fingerprint density at radius 3 is 2.52 bits per heavy atom. The quantitative estimate of drug-likeness (QED) is 0.644. The van der Waals surface area contributed by atoms with Crippen molar-refractivity contribution in [2.75, 3.05) is 13.2 Å². The van der Waals surface area contributed by atoms with Crippen LogP contribution in [0.2, 0.25) is 0 Å². The molecule has 23 heavy (non-hydrogen) atoms. The van der Waals surface area contributed by atoms with Gasteiger partial charge < -0.3 is 10.1 Å². The minimum atomic E-state index is -1.10. The Morgan fingerprint density at radius 1 is 1.26 bits per heavy atom. The largest absolute Gasteiger partial charge is 0.466 e. The average Bonchev–Trinajstić information content (AvgIpc) is 2.74. The van der Waals surface area contributed by atoms with E-state index in [0.717, 1.165) is 22.4 Å². The van der Waals surface area contributed by atoms with Crippen LogP contribution in [0, 0.1) is 6.92 Å². The van der Waals surface area contributed by atoms with E-state index < -0.39 is 17.5 Å². The maximum Gasteiger partial charge on any atom is 0.325 e. The number of hydrogen-bond donors (Lipinski definition) is 1. The summed E-state index contributed by atoms with van der Waals surface area (Å²) in [4.78, 5) is 37.4. The molecule has 1 atom stereocenters. The van der Waals surface area contributed by atoms with E-state index in [1.807, 2.05) is 38.1 Å². The van der Waals surface area contributed by atoms with Gasteiger partial charge in [-0.3, -0.25) is 14.5 Å². The van der Waals surface area contributed by atoms with Gasteiger partial charge in [-0.15, -0.1) is 0 Å². The molecule has 0 radical (unpaired) electrons. The van der Waals surface area contributed by atoms with E-state index in [9.17, 15) is 14.4 Å². The molecular weight excluding hydrogens is 296 g/mol. The van der Waals surface area contributed by atoms with E-state index in [-0.39, 0.29) is 18.9 Å². The molecule has 1 aromatic rings. The van der Waals surface area contributed by atoms with Crippen molar-refractivity contribution >= 4 is 17.9 Å². The van der Waals surface area contributed by atoms with Crippen molar-refractivity contribution in [3.05, 3.63) is 35.4 Å². The van der Waals surface area contributed by atoms with Crippen molar-refractivity contribution in [3.8, 4) is 0 Å². The number of imide groups is 1. The zero-order valence-electron chi connectivity index (χ0n) is 13.7. The maximum atomic E-state index is 12.6. The number of amides is 3. The van der Waals surface area contributed by atoms with Gasteiger partial charge in [0.15, 0.2) is 0 Å². The van der Waals surface area contributed by atoms with Gasteiger partial charge in [0.05, 0.1) is 13.0 Å². The summed E-state index contributed by atoms with van der Waals surface area (Å²) in [7, 11) is 0. The first-order valence-corrected chi connectivity index (χ1v) is 7.75. The van der Waals surface area contributed by atoms with Gasteiger partial charge >= 0.3 is 12.0 Å². The molecule has 0 bridgehead atoms. The zero-order chi connectivity index (χ0) is 17.0. The second-order valence-electron chi connectivity index (χ2n) is 5.85. The highest BCUT2D eigenvalue weighted by molar-refractivity contribution is 6.07. The summed E-state index contributed by atoms with van der Waals surface area (Å²) in [6, 6.07) is 6.95. The number of carbonyl (C=O) groups excluding carboxylic acids is 3. The summed E-state index contributed by atoms with van der Waals surface area (Å²) in [5, 5.41) is 2.72. The van der Waals surface area contributed by atoms with Crippen molar-refractivity contribution in [3.63, 3.8) is 0 Å². The summed E-state index contributed by atoms with van der Waals surface area (Å²) >= 11 is 0. The number of hydrogen-bond acceptors (Lipinski definition) is 4. The Kier molecular flexibility index (Phi) is 5.03. The fraction of sp³-hybridized carbons (Fsp3) is 0.471. The molecule has 3 amide bonds. The highest BCUT2D eigenvalue weighted by Gasteiger charge is 2.48. The zero-order valence-corrected chi connectivity index (χ0v) is 13.7. The molecule has 1 aromatic carbocycles.